The first-order valence-electron chi connectivity index (χ1n) is 29.3. The third kappa shape index (κ3) is 39.5. The molecule has 6 atom stereocenters. The molecule has 73 heavy (non-hydrogen) atoms. The van der Waals surface area contributed by atoms with Crippen LogP contribution in [0.5, 0.6) is 0 Å². The standard InChI is InChI=1S/C61H104O12/c1-4-7-10-13-16-19-22-25-26-27-28-31-32-35-38-41-44-47-53(62)69-50-52(71-54(63)48-45-42-39-36-33-29-23-20-17-14-11-8-5-2)51-70-61-59(57(66)56(65)58(73-61)60(67)68)72-55(64)49-46-43-40-37-34-30-24-21-18-15-12-9-6-3/h9,11-12,14,18,20-21,23,30,34,52,56-59,61,65-66H,4-8,10,13,15-17,19,22,24-29,31-33,35-51H2,1-3H3,(H,67,68)/b12-9-,14-11-,21-18-,23-20-,34-30-. The number of hydrogen-bond donors (Lipinski definition) is 3. The number of unbranched alkanes of at least 4 members (excludes halogenated alkanes) is 25. The Morgan fingerprint density at radius 1 is 0.466 bits per heavy atom. The summed E-state index contributed by atoms with van der Waals surface area (Å²) >= 11 is 0. The maximum Gasteiger partial charge on any atom is 0.335 e. The zero-order valence-electron chi connectivity index (χ0n) is 46.1. The fraction of sp³-hybridized carbons (Fsp3) is 0.770. The molecule has 1 heterocycles. The highest BCUT2D eigenvalue weighted by Gasteiger charge is 2.50. The van der Waals surface area contributed by atoms with E-state index >= 15 is 0 Å². The fourth-order valence-electron chi connectivity index (χ4n) is 8.60. The van der Waals surface area contributed by atoms with Crippen LogP contribution in [0.2, 0.25) is 0 Å². The van der Waals surface area contributed by atoms with Crippen molar-refractivity contribution in [2.24, 2.45) is 0 Å². The molecule has 0 bridgehead atoms. The first-order chi connectivity index (χ1) is 35.6. The molecule has 1 aliphatic heterocycles. The van der Waals surface area contributed by atoms with Crippen molar-refractivity contribution in [3.63, 3.8) is 0 Å². The van der Waals surface area contributed by atoms with Crippen molar-refractivity contribution in [1.29, 1.82) is 0 Å². The first-order valence-corrected chi connectivity index (χ1v) is 29.3. The largest absolute Gasteiger partial charge is 0.479 e. The average Bonchev–Trinajstić information content (AvgIpc) is 3.37. The Morgan fingerprint density at radius 3 is 1.38 bits per heavy atom. The second kappa shape index (κ2) is 49.3. The van der Waals surface area contributed by atoms with E-state index in [1.807, 2.05) is 0 Å². The highest BCUT2D eigenvalue weighted by molar-refractivity contribution is 5.74. The van der Waals surface area contributed by atoms with Gasteiger partial charge in [0.1, 0.15) is 18.8 Å². The van der Waals surface area contributed by atoms with Gasteiger partial charge in [0.2, 0.25) is 0 Å². The van der Waals surface area contributed by atoms with E-state index in [1.54, 1.807) is 0 Å². The molecule has 0 spiro atoms. The smallest absolute Gasteiger partial charge is 0.335 e. The molecule has 1 fully saturated rings. The normalized spacial score (nSPS) is 18.7. The lowest BCUT2D eigenvalue weighted by molar-refractivity contribution is -0.301. The monoisotopic (exact) mass is 1030 g/mol. The number of esters is 3. The number of rotatable bonds is 49. The van der Waals surface area contributed by atoms with Crippen LogP contribution >= 0.6 is 0 Å². The van der Waals surface area contributed by atoms with Crippen LogP contribution in [0.3, 0.4) is 0 Å². The summed E-state index contributed by atoms with van der Waals surface area (Å²) in [6, 6.07) is 0. The van der Waals surface area contributed by atoms with Gasteiger partial charge in [-0.2, -0.15) is 0 Å². The van der Waals surface area contributed by atoms with Gasteiger partial charge in [0.25, 0.3) is 0 Å². The molecule has 0 aromatic rings. The van der Waals surface area contributed by atoms with E-state index in [1.165, 1.54) is 83.5 Å². The lowest BCUT2D eigenvalue weighted by atomic mass is 9.98. The molecule has 6 unspecified atom stereocenters. The summed E-state index contributed by atoms with van der Waals surface area (Å²) < 4.78 is 28.4. The van der Waals surface area contributed by atoms with Gasteiger partial charge in [0.05, 0.1) is 6.61 Å². The molecule has 12 nitrogen and oxygen atoms in total. The van der Waals surface area contributed by atoms with E-state index in [0.29, 0.717) is 19.3 Å². The molecule has 420 valence electrons. The van der Waals surface area contributed by atoms with Crippen molar-refractivity contribution in [1.82, 2.24) is 0 Å². The van der Waals surface area contributed by atoms with Crippen LogP contribution in [0, 0.1) is 0 Å². The van der Waals surface area contributed by atoms with Gasteiger partial charge in [-0.05, 0) is 77.0 Å². The van der Waals surface area contributed by atoms with Gasteiger partial charge in [0, 0.05) is 19.3 Å². The Kier molecular flexibility index (Phi) is 45.5. The number of carbonyl (C=O) groups is 4. The molecular formula is C61H104O12. The maximum atomic E-state index is 13.1. The molecule has 1 rings (SSSR count). The van der Waals surface area contributed by atoms with Crippen LogP contribution in [-0.4, -0.2) is 89.2 Å². The number of aliphatic carboxylic acids is 1. The summed E-state index contributed by atoms with van der Waals surface area (Å²) in [5.74, 6) is -3.17. The minimum atomic E-state index is -1.91. The number of allylic oxidation sites excluding steroid dienone is 10. The highest BCUT2D eigenvalue weighted by Crippen LogP contribution is 2.26. The first kappa shape index (κ1) is 67.4. The van der Waals surface area contributed by atoms with Crippen LogP contribution in [0.1, 0.15) is 252 Å². The number of hydrogen-bond acceptors (Lipinski definition) is 11. The molecule has 1 aliphatic rings. The molecule has 3 N–H and O–H groups in total. The summed E-state index contributed by atoms with van der Waals surface area (Å²) in [6.45, 7) is 5.79. The Labute approximate surface area is 443 Å². The van der Waals surface area contributed by atoms with E-state index in [2.05, 4.69) is 81.5 Å². The van der Waals surface area contributed by atoms with Crippen LogP contribution in [0.15, 0.2) is 60.8 Å². The Bertz CT molecular complexity index is 1500. The van der Waals surface area contributed by atoms with Crippen LogP contribution in [0.25, 0.3) is 0 Å². The molecule has 1 saturated heterocycles. The van der Waals surface area contributed by atoms with Gasteiger partial charge in [-0.15, -0.1) is 0 Å². The van der Waals surface area contributed by atoms with Gasteiger partial charge in [-0.1, -0.05) is 216 Å². The molecule has 12 heteroatoms. The van der Waals surface area contributed by atoms with Crippen molar-refractivity contribution in [3.8, 4) is 0 Å². The molecule has 0 saturated carbocycles. The zero-order chi connectivity index (χ0) is 53.3. The van der Waals surface area contributed by atoms with Crippen LogP contribution in [0.4, 0.5) is 0 Å². The van der Waals surface area contributed by atoms with E-state index in [4.69, 9.17) is 23.7 Å². The minimum absolute atomic E-state index is 0.0236. The summed E-state index contributed by atoms with van der Waals surface area (Å²) in [5, 5.41) is 31.4. The second-order valence-electron chi connectivity index (χ2n) is 19.9. The highest BCUT2D eigenvalue weighted by atomic mass is 16.7. The quantitative estimate of drug-likeness (QED) is 0.0228. The Balaban J connectivity index is 2.70. The molecule has 0 aromatic carbocycles. The molecule has 0 radical (unpaired) electrons. The van der Waals surface area contributed by atoms with E-state index < -0.39 is 67.3 Å². The number of carbonyl (C=O) groups excluding carboxylic acids is 3. The van der Waals surface area contributed by atoms with E-state index in [0.717, 1.165) is 109 Å². The zero-order valence-corrected chi connectivity index (χ0v) is 46.1. The van der Waals surface area contributed by atoms with E-state index in [9.17, 15) is 34.5 Å². The van der Waals surface area contributed by atoms with Gasteiger partial charge in [-0.25, -0.2) is 4.79 Å². The number of carboxylic acid groups (broad SMARTS) is 1. The van der Waals surface area contributed by atoms with Crippen molar-refractivity contribution >= 4 is 23.9 Å². The summed E-state index contributed by atoms with van der Waals surface area (Å²) in [6.07, 6.45) is 47.7. The number of carboxylic acids is 1. The number of aliphatic hydroxyl groups excluding tert-OH is 2. The molecule has 0 aliphatic carbocycles. The third-order valence-corrected chi connectivity index (χ3v) is 13.1. The fourth-order valence-corrected chi connectivity index (χ4v) is 8.60. The van der Waals surface area contributed by atoms with Gasteiger partial charge in [0.15, 0.2) is 24.6 Å². The average molecular weight is 1030 g/mol. The summed E-state index contributed by atoms with van der Waals surface area (Å²) in [4.78, 5) is 51.0. The lowest BCUT2D eigenvalue weighted by Crippen LogP contribution is -2.61. The predicted octanol–water partition coefficient (Wildman–Crippen LogP) is 14.8. The van der Waals surface area contributed by atoms with Crippen molar-refractivity contribution in [2.45, 2.75) is 289 Å². The minimum Gasteiger partial charge on any atom is -0.479 e. The summed E-state index contributed by atoms with van der Waals surface area (Å²) in [5.41, 5.74) is 0. The van der Waals surface area contributed by atoms with Gasteiger partial charge in [-0.3, -0.25) is 14.4 Å². The number of aliphatic hydroxyl groups is 2. The molecule has 0 aromatic heterocycles. The number of ether oxygens (including phenoxy) is 5. The summed E-state index contributed by atoms with van der Waals surface area (Å²) in [7, 11) is 0. The van der Waals surface area contributed by atoms with Crippen molar-refractivity contribution in [2.75, 3.05) is 13.2 Å². The molecular weight excluding hydrogens is 925 g/mol. The van der Waals surface area contributed by atoms with E-state index in [-0.39, 0.29) is 25.9 Å². The van der Waals surface area contributed by atoms with Gasteiger partial charge >= 0.3 is 23.9 Å². The topological polar surface area (TPSA) is 175 Å². The lowest BCUT2D eigenvalue weighted by Gasteiger charge is -2.40. The SMILES string of the molecule is CC/C=C\C/C=C\C/C=C\CCCCCC(=O)OC1C(OCC(COC(=O)CCCCCCCCCCCCCCCCCCC)OC(=O)CCCCCCC/C=C\C/C=C\CCC)OC(C(=O)O)C(O)C1O. The third-order valence-electron chi connectivity index (χ3n) is 13.1. The predicted molar refractivity (Wildman–Crippen MR) is 294 cm³/mol. The van der Waals surface area contributed by atoms with Crippen LogP contribution < -0.4 is 0 Å². The maximum absolute atomic E-state index is 13.1. The Hall–Kier alpha value is -3.58. The van der Waals surface area contributed by atoms with Gasteiger partial charge < -0.3 is 39.0 Å². The Morgan fingerprint density at radius 2 is 0.890 bits per heavy atom. The van der Waals surface area contributed by atoms with Crippen molar-refractivity contribution < 1.29 is 58.2 Å². The van der Waals surface area contributed by atoms with Crippen molar-refractivity contribution in [3.05, 3.63) is 60.8 Å². The molecule has 0 amide bonds. The second-order valence-corrected chi connectivity index (χ2v) is 19.9. The van der Waals surface area contributed by atoms with Crippen LogP contribution in [-0.2, 0) is 42.9 Å².